The number of nitrogens with one attached hydrogen (secondary N) is 2. The van der Waals surface area contributed by atoms with Crippen LogP contribution in [0.1, 0.15) is 33.6 Å². The molecule has 23 heavy (non-hydrogen) atoms. The van der Waals surface area contributed by atoms with Crippen LogP contribution in [-0.2, 0) is 9.47 Å². The van der Waals surface area contributed by atoms with Crippen LogP contribution < -0.4 is 10.6 Å². The Hall–Kier alpha value is -1.95. The van der Waals surface area contributed by atoms with Crippen molar-refractivity contribution in [1.29, 1.82) is 0 Å². The van der Waals surface area contributed by atoms with Crippen molar-refractivity contribution in [3.8, 4) is 5.75 Å². The lowest BCUT2D eigenvalue weighted by Gasteiger charge is -2.21. The van der Waals surface area contributed by atoms with Gasteiger partial charge >= 0.3 is 6.09 Å². The second-order valence-electron chi connectivity index (χ2n) is 6.41. The molecule has 130 valence electrons. The molecule has 0 saturated carbocycles. The van der Waals surface area contributed by atoms with E-state index in [4.69, 9.17) is 9.47 Å². The molecule has 0 aliphatic carbocycles. The zero-order valence-corrected chi connectivity index (χ0v) is 14.4. The zero-order chi connectivity index (χ0) is 17.3. The number of hydrogen-bond donors (Lipinski definition) is 3. The zero-order valence-electron chi connectivity index (χ0n) is 14.4. The highest BCUT2D eigenvalue weighted by atomic mass is 16.6. The van der Waals surface area contributed by atoms with Crippen LogP contribution in [-0.4, -0.2) is 43.1 Å². The number of ether oxygens (including phenoxy) is 2. The van der Waals surface area contributed by atoms with Gasteiger partial charge in [0.15, 0.2) is 0 Å². The van der Waals surface area contributed by atoms with E-state index in [2.05, 4.69) is 10.6 Å². The average molecular weight is 324 g/mol. The molecular weight excluding hydrogens is 296 g/mol. The minimum atomic E-state index is -0.483. The van der Waals surface area contributed by atoms with Crippen LogP contribution in [0.3, 0.4) is 0 Å². The molecule has 6 heteroatoms. The molecule has 0 heterocycles. The van der Waals surface area contributed by atoms with Crippen molar-refractivity contribution in [2.24, 2.45) is 0 Å². The third kappa shape index (κ3) is 8.93. The number of alkyl carbamates (subject to hydrolysis) is 1. The molecule has 1 unspecified atom stereocenters. The van der Waals surface area contributed by atoms with E-state index in [0.717, 1.165) is 18.5 Å². The Kier molecular flexibility index (Phi) is 7.68. The van der Waals surface area contributed by atoms with E-state index in [0.29, 0.717) is 13.2 Å². The first-order valence-corrected chi connectivity index (χ1v) is 7.81. The fourth-order valence-corrected chi connectivity index (χ4v) is 2.04. The summed E-state index contributed by atoms with van der Waals surface area (Å²) in [6.07, 6.45) is 1.25. The van der Waals surface area contributed by atoms with Gasteiger partial charge in [0.25, 0.3) is 0 Å². The van der Waals surface area contributed by atoms with Gasteiger partial charge in [-0.1, -0.05) is 0 Å². The molecule has 0 bridgehead atoms. The van der Waals surface area contributed by atoms with Crippen LogP contribution in [0.5, 0.6) is 5.75 Å². The summed E-state index contributed by atoms with van der Waals surface area (Å²) >= 11 is 0. The van der Waals surface area contributed by atoms with Crippen molar-refractivity contribution in [3.63, 3.8) is 0 Å². The second kappa shape index (κ2) is 9.25. The molecule has 0 fully saturated rings. The van der Waals surface area contributed by atoms with E-state index < -0.39 is 11.7 Å². The number of anilines is 1. The highest BCUT2D eigenvalue weighted by Crippen LogP contribution is 2.16. The summed E-state index contributed by atoms with van der Waals surface area (Å²) in [4.78, 5) is 11.6. The maximum atomic E-state index is 11.6. The molecule has 1 rings (SSSR count). The van der Waals surface area contributed by atoms with Gasteiger partial charge in [-0.15, -0.1) is 0 Å². The SMILES string of the molecule is COCC(CCCNC(=O)OC(C)(C)C)Nc1ccc(O)cc1. The molecule has 1 atom stereocenters. The highest BCUT2D eigenvalue weighted by Gasteiger charge is 2.15. The number of carbonyl (C=O) groups is 1. The highest BCUT2D eigenvalue weighted by molar-refractivity contribution is 5.67. The third-order valence-electron chi connectivity index (χ3n) is 3.00. The first-order valence-electron chi connectivity index (χ1n) is 7.81. The molecule has 0 radical (unpaired) electrons. The number of methoxy groups -OCH3 is 1. The average Bonchev–Trinajstić information content (AvgIpc) is 2.44. The van der Waals surface area contributed by atoms with Crippen molar-refractivity contribution in [2.45, 2.75) is 45.3 Å². The maximum Gasteiger partial charge on any atom is 0.407 e. The molecule has 0 spiro atoms. The van der Waals surface area contributed by atoms with Gasteiger partial charge in [0.1, 0.15) is 11.4 Å². The molecule has 1 aromatic carbocycles. The summed E-state index contributed by atoms with van der Waals surface area (Å²) in [5.41, 5.74) is 0.438. The van der Waals surface area contributed by atoms with Crippen LogP contribution in [0.25, 0.3) is 0 Å². The number of benzene rings is 1. The van der Waals surface area contributed by atoms with Crippen molar-refractivity contribution in [2.75, 3.05) is 25.6 Å². The lowest BCUT2D eigenvalue weighted by molar-refractivity contribution is 0.0526. The van der Waals surface area contributed by atoms with Crippen molar-refractivity contribution < 1.29 is 19.4 Å². The molecule has 3 N–H and O–H groups in total. The molecule has 1 aromatic rings. The smallest absolute Gasteiger partial charge is 0.407 e. The van der Waals surface area contributed by atoms with Crippen molar-refractivity contribution in [1.82, 2.24) is 5.32 Å². The van der Waals surface area contributed by atoms with Gasteiger partial charge < -0.3 is 25.2 Å². The van der Waals surface area contributed by atoms with Gasteiger partial charge in [-0.3, -0.25) is 0 Å². The van der Waals surface area contributed by atoms with Gasteiger partial charge in [-0.05, 0) is 57.9 Å². The van der Waals surface area contributed by atoms with E-state index in [-0.39, 0.29) is 11.8 Å². The van der Waals surface area contributed by atoms with E-state index in [1.165, 1.54) is 0 Å². The van der Waals surface area contributed by atoms with Gasteiger partial charge in [-0.2, -0.15) is 0 Å². The lowest BCUT2D eigenvalue weighted by Crippen LogP contribution is -2.33. The monoisotopic (exact) mass is 324 g/mol. The minimum Gasteiger partial charge on any atom is -0.508 e. The normalized spacial score (nSPS) is 12.5. The number of carbonyl (C=O) groups excluding carboxylic acids is 1. The number of hydrogen-bond acceptors (Lipinski definition) is 5. The number of phenols is 1. The summed E-state index contributed by atoms with van der Waals surface area (Å²) < 4.78 is 10.4. The van der Waals surface area contributed by atoms with Gasteiger partial charge in [-0.25, -0.2) is 4.79 Å². The van der Waals surface area contributed by atoms with Crippen LogP contribution in [0.4, 0.5) is 10.5 Å². The Bertz CT molecular complexity index is 468. The number of amides is 1. The largest absolute Gasteiger partial charge is 0.508 e. The summed E-state index contributed by atoms with van der Waals surface area (Å²) in [6, 6.07) is 7.03. The first kappa shape index (κ1) is 19.1. The summed E-state index contributed by atoms with van der Waals surface area (Å²) in [5.74, 6) is 0.236. The summed E-state index contributed by atoms with van der Waals surface area (Å²) in [7, 11) is 1.66. The third-order valence-corrected chi connectivity index (χ3v) is 3.00. The second-order valence-corrected chi connectivity index (χ2v) is 6.41. The topological polar surface area (TPSA) is 79.8 Å². The van der Waals surface area contributed by atoms with Crippen LogP contribution in [0, 0.1) is 0 Å². The quantitative estimate of drug-likeness (QED) is 0.506. The molecule has 0 saturated heterocycles. The summed E-state index contributed by atoms with van der Waals surface area (Å²) in [6.45, 7) is 6.62. The molecule has 0 aliphatic heterocycles. The molecule has 0 aliphatic rings. The molecule has 6 nitrogen and oxygen atoms in total. The van der Waals surface area contributed by atoms with E-state index in [9.17, 15) is 9.90 Å². The van der Waals surface area contributed by atoms with Crippen LogP contribution >= 0.6 is 0 Å². The first-order chi connectivity index (χ1) is 10.8. The Morgan fingerprint density at radius 3 is 2.48 bits per heavy atom. The van der Waals surface area contributed by atoms with E-state index in [1.54, 1.807) is 19.2 Å². The molecule has 1 amide bonds. The van der Waals surface area contributed by atoms with E-state index >= 15 is 0 Å². The van der Waals surface area contributed by atoms with Crippen molar-refractivity contribution >= 4 is 11.8 Å². The Balaban J connectivity index is 2.33. The summed E-state index contributed by atoms with van der Waals surface area (Å²) in [5, 5.41) is 15.4. The van der Waals surface area contributed by atoms with Gasteiger partial charge in [0, 0.05) is 25.4 Å². The predicted molar refractivity (Wildman–Crippen MR) is 90.9 cm³/mol. The number of aromatic hydroxyl groups is 1. The van der Waals surface area contributed by atoms with Crippen LogP contribution in [0.15, 0.2) is 24.3 Å². The fourth-order valence-electron chi connectivity index (χ4n) is 2.04. The Labute approximate surface area is 138 Å². The molecular formula is C17H28N2O4. The number of rotatable bonds is 8. The lowest BCUT2D eigenvalue weighted by atomic mass is 10.1. The maximum absolute atomic E-state index is 11.6. The molecule has 0 aromatic heterocycles. The van der Waals surface area contributed by atoms with Crippen molar-refractivity contribution in [3.05, 3.63) is 24.3 Å². The van der Waals surface area contributed by atoms with Gasteiger partial charge in [0.2, 0.25) is 0 Å². The predicted octanol–water partition coefficient (Wildman–Crippen LogP) is 3.12. The standard InChI is InChI=1S/C17H28N2O4/c1-17(2,3)23-16(21)18-11-5-6-14(12-22-4)19-13-7-9-15(20)10-8-13/h7-10,14,19-20H,5-6,11-12H2,1-4H3,(H,18,21). The Morgan fingerprint density at radius 1 is 1.26 bits per heavy atom. The van der Waals surface area contributed by atoms with Crippen LogP contribution in [0.2, 0.25) is 0 Å². The van der Waals surface area contributed by atoms with E-state index in [1.807, 2.05) is 32.9 Å². The Morgan fingerprint density at radius 2 is 1.91 bits per heavy atom. The minimum absolute atomic E-state index is 0.130. The fraction of sp³-hybridized carbons (Fsp3) is 0.588. The van der Waals surface area contributed by atoms with Gasteiger partial charge in [0.05, 0.1) is 6.61 Å². The number of phenolic OH excluding ortho intramolecular Hbond substituents is 1.